The summed E-state index contributed by atoms with van der Waals surface area (Å²) in [6.45, 7) is -0.0617. The molecule has 1 N–H and O–H groups in total. The average Bonchev–Trinajstić information content (AvgIpc) is 3.20. The van der Waals surface area contributed by atoms with Crippen molar-refractivity contribution in [3.63, 3.8) is 0 Å². The van der Waals surface area contributed by atoms with Gasteiger partial charge in [-0.1, -0.05) is 66.2 Å². The maximum absolute atomic E-state index is 12.9. The van der Waals surface area contributed by atoms with Crippen LogP contribution in [0.2, 0.25) is 5.02 Å². The van der Waals surface area contributed by atoms with Gasteiger partial charge in [0.05, 0.1) is 22.7 Å². The number of carbonyl (C=O) groups is 3. The lowest BCUT2D eigenvalue weighted by molar-refractivity contribution is -0.127. The van der Waals surface area contributed by atoms with Crippen LogP contribution in [0.1, 0.15) is 11.1 Å². The highest BCUT2D eigenvalue weighted by molar-refractivity contribution is 8.18. The number of para-hydroxylation sites is 1. The zero-order valence-electron chi connectivity index (χ0n) is 20.8. The van der Waals surface area contributed by atoms with Gasteiger partial charge in [0.2, 0.25) is 5.91 Å². The molecule has 39 heavy (non-hydrogen) atoms. The number of carbonyl (C=O) groups excluding carboxylic acids is 3. The van der Waals surface area contributed by atoms with Crippen molar-refractivity contribution < 1.29 is 23.9 Å². The molecule has 0 aromatic heterocycles. The Hall–Kier alpha value is -4.27. The Bertz CT molecular complexity index is 1620. The summed E-state index contributed by atoms with van der Waals surface area (Å²) >= 11 is 6.84. The van der Waals surface area contributed by atoms with Crippen LogP contribution in [0.15, 0.2) is 89.8 Å². The minimum Gasteiger partial charge on any atom is -0.493 e. The first-order chi connectivity index (χ1) is 18.9. The molecule has 4 aromatic rings. The van der Waals surface area contributed by atoms with Crippen LogP contribution in [0.4, 0.5) is 10.5 Å². The van der Waals surface area contributed by atoms with Gasteiger partial charge < -0.3 is 14.8 Å². The molecule has 1 heterocycles. The summed E-state index contributed by atoms with van der Waals surface area (Å²) in [6, 6.07) is 26.3. The summed E-state index contributed by atoms with van der Waals surface area (Å²) in [5, 5.41) is 4.75. The van der Waals surface area contributed by atoms with E-state index in [1.54, 1.807) is 48.5 Å². The minimum atomic E-state index is -0.546. The van der Waals surface area contributed by atoms with Crippen LogP contribution in [0.25, 0.3) is 16.8 Å². The third-order valence-electron chi connectivity index (χ3n) is 6.02. The number of hydrogen-bond acceptors (Lipinski definition) is 6. The van der Waals surface area contributed by atoms with Crippen LogP contribution < -0.4 is 14.8 Å². The molecule has 3 amide bonds. The summed E-state index contributed by atoms with van der Waals surface area (Å²) in [5.74, 6) is -0.0359. The fourth-order valence-electron chi connectivity index (χ4n) is 4.07. The quantitative estimate of drug-likeness (QED) is 0.241. The van der Waals surface area contributed by atoms with E-state index in [9.17, 15) is 14.4 Å². The fourth-order valence-corrected chi connectivity index (χ4v) is 5.09. The van der Waals surface area contributed by atoms with Crippen LogP contribution in [0.3, 0.4) is 0 Å². The van der Waals surface area contributed by atoms with Gasteiger partial charge in [-0.3, -0.25) is 19.3 Å². The predicted molar refractivity (Wildman–Crippen MR) is 154 cm³/mol. The van der Waals surface area contributed by atoms with Crippen molar-refractivity contribution in [2.45, 2.75) is 6.61 Å². The number of methoxy groups -OCH3 is 1. The number of nitrogens with zero attached hydrogens (tertiary/aromatic N) is 1. The molecule has 7 nitrogen and oxygen atoms in total. The second kappa shape index (κ2) is 11.6. The zero-order valence-corrected chi connectivity index (χ0v) is 22.4. The van der Waals surface area contributed by atoms with Crippen molar-refractivity contribution in [2.24, 2.45) is 0 Å². The molecular weight excluding hydrogens is 536 g/mol. The number of benzene rings is 4. The molecule has 1 saturated heterocycles. The molecule has 1 fully saturated rings. The second-order valence-corrected chi connectivity index (χ2v) is 10.1. The van der Waals surface area contributed by atoms with Crippen LogP contribution in [0, 0.1) is 0 Å². The number of fused-ring (bicyclic) bond motifs is 1. The lowest BCUT2D eigenvalue weighted by Crippen LogP contribution is -2.36. The number of amides is 3. The first-order valence-electron chi connectivity index (χ1n) is 12.0. The van der Waals surface area contributed by atoms with Crippen molar-refractivity contribution >= 4 is 63.0 Å². The standard InChI is InChI=1S/C30H23ClN2O5S/c1-37-26-15-19(11-13-25(26)38-18-20-10-12-21-6-2-3-7-22(21)14-20)16-27-29(35)33(30(36)39-27)17-28(34)32-24-9-5-4-8-23(24)31/h2-16H,17-18H2,1H3,(H,32,34)/b27-16+. The number of hydrogen-bond donors (Lipinski definition) is 1. The van der Waals surface area contributed by atoms with E-state index >= 15 is 0 Å². The van der Waals surface area contributed by atoms with Crippen molar-refractivity contribution in [1.29, 1.82) is 0 Å². The maximum Gasteiger partial charge on any atom is 0.294 e. The molecular formula is C30H23ClN2O5S. The minimum absolute atomic E-state index is 0.206. The highest BCUT2D eigenvalue weighted by atomic mass is 35.5. The number of halogens is 1. The smallest absolute Gasteiger partial charge is 0.294 e. The van der Waals surface area contributed by atoms with Gasteiger partial charge in [0.1, 0.15) is 13.2 Å². The molecule has 196 valence electrons. The van der Waals surface area contributed by atoms with Gasteiger partial charge >= 0.3 is 0 Å². The number of anilines is 1. The average molecular weight is 559 g/mol. The molecule has 0 spiro atoms. The highest BCUT2D eigenvalue weighted by Crippen LogP contribution is 2.35. The second-order valence-electron chi connectivity index (χ2n) is 8.68. The predicted octanol–water partition coefficient (Wildman–Crippen LogP) is 6.76. The highest BCUT2D eigenvalue weighted by Gasteiger charge is 2.36. The van der Waals surface area contributed by atoms with E-state index in [1.807, 2.05) is 18.2 Å². The molecule has 1 aliphatic rings. The number of ether oxygens (including phenoxy) is 2. The van der Waals surface area contributed by atoms with Crippen LogP contribution in [-0.2, 0) is 16.2 Å². The molecule has 0 unspecified atom stereocenters. The summed E-state index contributed by atoms with van der Waals surface area (Å²) in [5.41, 5.74) is 2.07. The number of imide groups is 1. The number of rotatable bonds is 8. The van der Waals surface area contributed by atoms with Gasteiger partial charge in [-0.15, -0.1) is 0 Å². The van der Waals surface area contributed by atoms with Crippen LogP contribution in [-0.4, -0.2) is 35.6 Å². The number of nitrogens with one attached hydrogen (secondary N) is 1. The SMILES string of the molecule is COc1cc(/C=C2/SC(=O)N(CC(=O)Nc3ccccc3Cl)C2=O)ccc1OCc1ccc2ccccc2c1. The van der Waals surface area contributed by atoms with E-state index < -0.39 is 23.6 Å². The molecule has 9 heteroatoms. The molecule has 0 saturated carbocycles. The van der Waals surface area contributed by atoms with Crippen LogP contribution in [0.5, 0.6) is 11.5 Å². The fraction of sp³-hybridized carbons (Fsp3) is 0.100. The lowest BCUT2D eigenvalue weighted by Gasteiger charge is -2.13. The Morgan fingerprint density at radius 3 is 2.51 bits per heavy atom. The van der Waals surface area contributed by atoms with E-state index in [2.05, 4.69) is 29.6 Å². The van der Waals surface area contributed by atoms with E-state index in [1.165, 1.54) is 7.11 Å². The normalized spacial score (nSPS) is 14.2. The molecule has 5 rings (SSSR count). The number of thioether (sulfide) groups is 1. The van der Waals surface area contributed by atoms with E-state index in [-0.39, 0.29) is 4.91 Å². The van der Waals surface area contributed by atoms with Crippen molar-refractivity contribution in [2.75, 3.05) is 19.0 Å². The Morgan fingerprint density at radius 2 is 1.72 bits per heavy atom. The third-order valence-corrected chi connectivity index (χ3v) is 7.25. The van der Waals surface area contributed by atoms with E-state index in [0.717, 1.165) is 33.0 Å². The van der Waals surface area contributed by atoms with Gasteiger partial charge in [0, 0.05) is 0 Å². The van der Waals surface area contributed by atoms with Gasteiger partial charge in [-0.2, -0.15) is 0 Å². The van der Waals surface area contributed by atoms with Crippen LogP contribution >= 0.6 is 23.4 Å². The molecule has 0 radical (unpaired) electrons. The van der Waals surface area contributed by atoms with Gasteiger partial charge in [0.15, 0.2) is 11.5 Å². The molecule has 0 atom stereocenters. The zero-order chi connectivity index (χ0) is 27.4. The first kappa shape index (κ1) is 26.3. The van der Waals surface area contributed by atoms with Crippen molar-refractivity contribution in [3.05, 3.63) is 106 Å². The summed E-state index contributed by atoms with van der Waals surface area (Å²) in [7, 11) is 1.54. The topological polar surface area (TPSA) is 84.9 Å². The lowest BCUT2D eigenvalue weighted by atomic mass is 10.1. The summed E-state index contributed by atoms with van der Waals surface area (Å²) in [4.78, 5) is 39.0. The van der Waals surface area contributed by atoms with Gasteiger partial charge in [-0.05, 0) is 70.1 Å². The van der Waals surface area contributed by atoms with Crippen molar-refractivity contribution in [1.82, 2.24) is 4.90 Å². The van der Waals surface area contributed by atoms with Gasteiger partial charge in [-0.25, -0.2) is 0 Å². The molecule has 1 aliphatic heterocycles. The Morgan fingerprint density at radius 1 is 0.949 bits per heavy atom. The summed E-state index contributed by atoms with van der Waals surface area (Å²) < 4.78 is 11.5. The largest absolute Gasteiger partial charge is 0.493 e. The molecule has 4 aromatic carbocycles. The first-order valence-corrected chi connectivity index (χ1v) is 13.2. The van der Waals surface area contributed by atoms with E-state index in [4.69, 9.17) is 21.1 Å². The molecule has 0 bridgehead atoms. The Labute approximate surface area is 234 Å². The third kappa shape index (κ3) is 6.08. The monoisotopic (exact) mass is 558 g/mol. The molecule has 0 aliphatic carbocycles. The van der Waals surface area contributed by atoms with E-state index in [0.29, 0.717) is 34.4 Å². The summed E-state index contributed by atoms with van der Waals surface area (Å²) in [6.07, 6.45) is 1.59. The maximum atomic E-state index is 12.9. The van der Waals surface area contributed by atoms with Gasteiger partial charge in [0.25, 0.3) is 11.1 Å². The Balaban J connectivity index is 1.25. The van der Waals surface area contributed by atoms with Crippen molar-refractivity contribution in [3.8, 4) is 11.5 Å². The Kier molecular flexibility index (Phi) is 7.86.